The zero-order valence-electron chi connectivity index (χ0n) is 12.5. The lowest BCUT2D eigenvalue weighted by Crippen LogP contribution is -2.09. The largest absolute Gasteiger partial charge is 0.457 e. The third-order valence-electron chi connectivity index (χ3n) is 3.61. The number of nitrogens with zero attached hydrogens (tertiary/aromatic N) is 2. The summed E-state index contributed by atoms with van der Waals surface area (Å²) in [4.78, 5) is 23.8. The van der Waals surface area contributed by atoms with Crippen LogP contribution in [0.1, 0.15) is 21.6 Å². The fourth-order valence-corrected chi connectivity index (χ4v) is 2.58. The molecule has 7 heteroatoms. The van der Waals surface area contributed by atoms with E-state index in [9.17, 15) is 9.59 Å². The van der Waals surface area contributed by atoms with Gasteiger partial charge in [-0.25, -0.2) is 9.59 Å². The van der Waals surface area contributed by atoms with Crippen molar-refractivity contribution in [3.05, 3.63) is 62.2 Å². The van der Waals surface area contributed by atoms with Gasteiger partial charge in [0.25, 0.3) is 0 Å². The summed E-state index contributed by atoms with van der Waals surface area (Å²) in [5.41, 5.74) is 1.67. The van der Waals surface area contributed by atoms with Crippen molar-refractivity contribution in [3.8, 4) is 0 Å². The van der Waals surface area contributed by atoms with Gasteiger partial charge in [-0.2, -0.15) is 5.10 Å². The lowest BCUT2D eigenvalue weighted by Gasteiger charge is -2.07. The second kappa shape index (κ2) is 6.00. The van der Waals surface area contributed by atoms with Crippen LogP contribution in [-0.2, 0) is 18.4 Å². The maximum absolute atomic E-state index is 12.1. The number of carbonyl (C=O) groups is 1. The number of carbonyl (C=O) groups excluding carboxylic acids is 1. The minimum Gasteiger partial charge on any atom is -0.457 e. The van der Waals surface area contributed by atoms with Crippen molar-refractivity contribution in [2.45, 2.75) is 13.5 Å². The fraction of sp³-hybridized carbons (Fsp3) is 0.188. The summed E-state index contributed by atoms with van der Waals surface area (Å²) in [7, 11) is 1.75. The molecule has 118 valence electrons. The van der Waals surface area contributed by atoms with Crippen molar-refractivity contribution in [2.24, 2.45) is 7.05 Å². The molecule has 0 aliphatic heterocycles. The van der Waals surface area contributed by atoms with Crippen LogP contribution in [0.4, 0.5) is 0 Å². The predicted molar refractivity (Wildman–Crippen MR) is 87.2 cm³/mol. The van der Waals surface area contributed by atoms with Gasteiger partial charge in [0, 0.05) is 34.2 Å². The molecule has 0 saturated carbocycles. The van der Waals surface area contributed by atoms with Crippen LogP contribution < -0.4 is 5.63 Å². The van der Waals surface area contributed by atoms with Crippen LogP contribution in [0.25, 0.3) is 11.0 Å². The molecule has 3 rings (SSSR count). The van der Waals surface area contributed by atoms with E-state index >= 15 is 0 Å². The molecule has 0 radical (unpaired) electrons. The molecule has 0 bridgehead atoms. The quantitative estimate of drug-likeness (QED) is 0.518. The molecule has 0 saturated heterocycles. The average Bonchev–Trinajstić information content (AvgIpc) is 2.83. The molecule has 3 aromatic rings. The minimum atomic E-state index is -0.487. The molecule has 0 N–H and O–H groups in total. The minimum absolute atomic E-state index is 0.0170. The van der Waals surface area contributed by atoms with E-state index < -0.39 is 11.6 Å². The Morgan fingerprint density at radius 1 is 1.39 bits per heavy atom. The molecule has 0 atom stereocenters. The maximum Gasteiger partial charge on any atom is 0.341 e. The standard InChI is InChI=1S/C16H13BrN2O4/c1-9-13(7-18-19(9)2)16(21)22-8-10-5-15(20)23-14-6-11(17)3-4-12(10)14/h3-7H,8H2,1-2H3. The van der Waals surface area contributed by atoms with Crippen LogP contribution in [0.3, 0.4) is 0 Å². The van der Waals surface area contributed by atoms with Gasteiger partial charge >= 0.3 is 11.6 Å². The topological polar surface area (TPSA) is 74.3 Å². The Bertz CT molecular complexity index is 958. The zero-order valence-corrected chi connectivity index (χ0v) is 14.1. The second-order valence-electron chi connectivity index (χ2n) is 5.07. The number of aryl methyl sites for hydroxylation is 1. The van der Waals surface area contributed by atoms with Gasteiger partial charge in [0.1, 0.15) is 17.8 Å². The first-order valence-corrected chi connectivity index (χ1v) is 7.63. The summed E-state index contributed by atoms with van der Waals surface area (Å²) in [5, 5.41) is 4.74. The Kier molecular flexibility index (Phi) is 4.04. The Morgan fingerprint density at radius 3 is 2.87 bits per heavy atom. The van der Waals surface area contributed by atoms with E-state index in [1.54, 1.807) is 30.8 Å². The van der Waals surface area contributed by atoms with Gasteiger partial charge in [0.05, 0.1) is 6.20 Å². The number of halogens is 1. The van der Waals surface area contributed by atoms with Gasteiger partial charge < -0.3 is 9.15 Å². The molecular weight excluding hydrogens is 364 g/mol. The third kappa shape index (κ3) is 3.05. The first-order valence-electron chi connectivity index (χ1n) is 6.83. The zero-order chi connectivity index (χ0) is 16.6. The van der Waals surface area contributed by atoms with E-state index in [1.165, 1.54) is 12.3 Å². The van der Waals surface area contributed by atoms with Crippen molar-refractivity contribution in [1.82, 2.24) is 9.78 Å². The summed E-state index contributed by atoms with van der Waals surface area (Å²) >= 11 is 3.33. The highest BCUT2D eigenvalue weighted by atomic mass is 79.9. The number of aromatic nitrogens is 2. The van der Waals surface area contributed by atoms with Crippen LogP contribution in [0, 0.1) is 6.92 Å². The number of ether oxygens (including phenoxy) is 1. The van der Waals surface area contributed by atoms with E-state index in [0.29, 0.717) is 16.7 Å². The molecule has 0 aliphatic rings. The molecule has 23 heavy (non-hydrogen) atoms. The van der Waals surface area contributed by atoms with E-state index in [-0.39, 0.29) is 6.61 Å². The average molecular weight is 377 g/mol. The molecule has 1 aromatic carbocycles. The van der Waals surface area contributed by atoms with E-state index in [2.05, 4.69) is 21.0 Å². The highest BCUT2D eigenvalue weighted by Crippen LogP contribution is 2.22. The molecule has 0 fully saturated rings. The Balaban J connectivity index is 1.89. The summed E-state index contributed by atoms with van der Waals surface area (Å²) < 4.78 is 12.9. The fourth-order valence-electron chi connectivity index (χ4n) is 2.24. The van der Waals surface area contributed by atoms with E-state index in [0.717, 1.165) is 15.6 Å². The van der Waals surface area contributed by atoms with Crippen molar-refractivity contribution in [1.29, 1.82) is 0 Å². The maximum atomic E-state index is 12.1. The Hall–Kier alpha value is -2.41. The van der Waals surface area contributed by atoms with Crippen LogP contribution in [0.2, 0.25) is 0 Å². The third-order valence-corrected chi connectivity index (χ3v) is 4.10. The second-order valence-corrected chi connectivity index (χ2v) is 5.99. The van der Waals surface area contributed by atoms with Gasteiger partial charge in [-0.3, -0.25) is 4.68 Å². The SMILES string of the molecule is Cc1c(C(=O)OCc2cc(=O)oc3cc(Br)ccc23)cnn1C. The normalized spacial score (nSPS) is 10.9. The van der Waals surface area contributed by atoms with Crippen LogP contribution in [-0.4, -0.2) is 15.7 Å². The monoisotopic (exact) mass is 376 g/mol. The molecule has 6 nitrogen and oxygen atoms in total. The highest BCUT2D eigenvalue weighted by molar-refractivity contribution is 9.10. The first kappa shape index (κ1) is 15.5. The number of rotatable bonds is 3. The molecule has 2 heterocycles. The van der Waals surface area contributed by atoms with E-state index in [4.69, 9.17) is 9.15 Å². The predicted octanol–water partition coefficient (Wildman–Crippen LogP) is 2.95. The smallest absolute Gasteiger partial charge is 0.341 e. The van der Waals surface area contributed by atoms with Gasteiger partial charge in [0.15, 0.2) is 0 Å². The van der Waals surface area contributed by atoms with Gasteiger partial charge in [-0.15, -0.1) is 0 Å². The number of esters is 1. The van der Waals surface area contributed by atoms with Crippen LogP contribution in [0.15, 0.2) is 44.1 Å². The number of fused-ring (bicyclic) bond motifs is 1. The Morgan fingerprint density at radius 2 is 2.17 bits per heavy atom. The summed E-state index contributed by atoms with van der Waals surface area (Å²) in [6.45, 7) is 1.77. The van der Waals surface area contributed by atoms with Gasteiger partial charge in [-0.05, 0) is 25.1 Å². The van der Waals surface area contributed by atoms with Crippen molar-refractivity contribution in [3.63, 3.8) is 0 Å². The summed E-state index contributed by atoms with van der Waals surface area (Å²) in [6, 6.07) is 6.67. The van der Waals surface area contributed by atoms with Crippen molar-refractivity contribution >= 4 is 32.9 Å². The first-order chi connectivity index (χ1) is 11.0. The summed E-state index contributed by atoms with van der Waals surface area (Å²) in [6.07, 6.45) is 1.46. The van der Waals surface area contributed by atoms with Gasteiger partial charge in [-0.1, -0.05) is 15.9 Å². The highest BCUT2D eigenvalue weighted by Gasteiger charge is 2.15. The molecule has 2 aromatic heterocycles. The van der Waals surface area contributed by atoms with Crippen LogP contribution in [0.5, 0.6) is 0 Å². The van der Waals surface area contributed by atoms with Crippen LogP contribution >= 0.6 is 15.9 Å². The van der Waals surface area contributed by atoms with E-state index in [1.807, 2.05) is 6.07 Å². The molecule has 0 unspecified atom stereocenters. The van der Waals surface area contributed by atoms with Crippen molar-refractivity contribution < 1.29 is 13.9 Å². The lowest BCUT2D eigenvalue weighted by atomic mass is 10.1. The molecular formula is C16H13BrN2O4. The Labute approximate surface area is 139 Å². The number of hydrogen-bond acceptors (Lipinski definition) is 5. The number of hydrogen-bond donors (Lipinski definition) is 0. The summed E-state index contributed by atoms with van der Waals surface area (Å²) in [5.74, 6) is -0.478. The molecule has 0 aliphatic carbocycles. The molecule has 0 spiro atoms. The lowest BCUT2D eigenvalue weighted by molar-refractivity contribution is 0.0473. The van der Waals surface area contributed by atoms with Gasteiger partial charge in [0.2, 0.25) is 0 Å². The molecule has 0 amide bonds. The number of benzene rings is 1. The van der Waals surface area contributed by atoms with Crippen molar-refractivity contribution in [2.75, 3.05) is 0 Å².